The maximum Gasteiger partial charge on any atom is 0.174 e. The van der Waals surface area contributed by atoms with Crippen LogP contribution in [0.25, 0.3) is 5.82 Å². The Balaban J connectivity index is 2.49. The quantitative estimate of drug-likeness (QED) is 0.879. The summed E-state index contributed by atoms with van der Waals surface area (Å²) < 4.78 is 15.6. The molecule has 2 aromatic rings. The maximum atomic E-state index is 14.0. The highest BCUT2D eigenvalue weighted by Gasteiger charge is 2.13. The summed E-state index contributed by atoms with van der Waals surface area (Å²) in [5.74, 6) is 0.469. The molecule has 4 nitrogen and oxygen atoms in total. The van der Waals surface area contributed by atoms with Crippen LogP contribution in [0.15, 0.2) is 24.7 Å². The van der Waals surface area contributed by atoms with E-state index in [2.05, 4.69) is 9.97 Å². The first-order chi connectivity index (χ1) is 8.27. The summed E-state index contributed by atoms with van der Waals surface area (Å²) in [6.07, 6.45) is 6.48. The minimum absolute atomic E-state index is 0.192. The zero-order chi connectivity index (χ0) is 12.3. The van der Waals surface area contributed by atoms with Crippen LogP contribution in [0, 0.1) is 5.82 Å². The van der Waals surface area contributed by atoms with Crippen LogP contribution in [-0.2, 0) is 13.0 Å². The Morgan fingerprint density at radius 1 is 1.35 bits per heavy atom. The van der Waals surface area contributed by atoms with E-state index < -0.39 is 5.82 Å². The molecule has 0 aliphatic heterocycles. The van der Waals surface area contributed by atoms with Crippen LogP contribution in [0.1, 0.15) is 24.7 Å². The van der Waals surface area contributed by atoms with Crippen LogP contribution in [0.3, 0.4) is 0 Å². The minimum Gasteiger partial charge on any atom is -0.392 e. The summed E-state index contributed by atoms with van der Waals surface area (Å²) in [6, 6.07) is 1.47. The second-order valence-electron chi connectivity index (χ2n) is 3.73. The van der Waals surface area contributed by atoms with Crippen LogP contribution in [-0.4, -0.2) is 19.6 Å². The van der Waals surface area contributed by atoms with Gasteiger partial charge in [0.2, 0.25) is 0 Å². The molecule has 0 amide bonds. The molecule has 0 saturated carbocycles. The smallest absolute Gasteiger partial charge is 0.174 e. The highest BCUT2D eigenvalue weighted by atomic mass is 19.1. The van der Waals surface area contributed by atoms with E-state index in [1.165, 1.54) is 12.3 Å². The van der Waals surface area contributed by atoms with Crippen molar-refractivity contribution in [2.24, 2.45) is 0 Å². The van der Waals surface area contributed by atoms with Gasteiger partial charge in [-0.2, -0.15) is 0 Å². The number of pyridine rings is 1. The highest BCUT2D eigenvalue weighted by Crippen LogP contribution is 2.16. The number of aromatic nitrogens is 3. The van der Waals surface area contributed by atoms with Gasteiger partial charge in [-0.05, 0) is 12.5 Å². The summed E-state index contributed by atoms with van der Waals surface area (Å²) >= 11 is 0. The van der Waals surface area contributed by atoms with Crippen LogP contribution in [0.4, 0.5) is 4.39 Å². The Hall–Kier alpha value is -1.75. The zero-order valence-corrected chi connectivity index (χ0v) is 9.60. The SMILES string of the molecule is CCCc1nccn1-c1nccc(CO)c1F. The third-order valence-electron chi connectivity index (χ3n) is 2.54. The second-order valence-corrected chi connectivity index (χ2v) is 3.73. The number of imidazole rings is 1. The lowest BCUT2D eigenvalue weighted by atomic mass is 10.2. The van der Waals surface area contributed by atoms with Crippen molar-refractivity contribution in [3.63, 3.8) is 0 Å². The van der Waals surface area contributed by atoms with E-state index in [9.17, 15) is 4.39 Å². The molecule has 17 heavy (non-hydrogen) atoms. The van der Waals surface area contributed by atoms with Gasteiger partial charge in [0.25, 0.3) is 0 Å². The van der Waals surface area contributed by atoms with Crippen molar-refractivity contribution in [2.75, 3.05) is 0 Å². The number of aliphatic hydroxyl groups is 1. The molecule has 1 N–H and O–H groups in total. The third kappa shape index (κ3) is 2.19. The molecule has 0 atom stereocenters. The van der Waals surface area contributed by atoms with E-state index in [-0.39, 0.29) is 18.0 Å². The Kier molecular flexibility index (Phi) is 3.49. The molecule has 2 aromatic heterocycles. The fraction of sp³-hybridized carbons (Fsp3) is 0.333. The summed E-state index contributed by atoms with van der Waals surface area (Å²) in [7, 11) is 0. The molecule has 5 heteroatoms. The molecule has 0 spiro atoms. The maximum absolute atomic E-state index is 14.0. The predicted octanol–water partition coefficient (Wildman–Crippen LogP) is 1.85. The van der Waals surface area contributed by atoms with Crippen molar-refractivity contribution in [3.8, 4) is 5.82 Å². The Morgan fingerprint density at radius 3 is 2.88 bits per heavy atom. The Labute approximate surface area is 98.8 Å². The molecule has 90 valence electrons. The van der Waals surface area contributed by atoms with Gasteiger partial charge >= 0.3 is 0 Å². The van der Waals surface area contributed by atoms with E-state index in [0.717, 1.165) is 18.7 Å². The van der Waals surface area contributed by atoms with Gasteiger partial charge in [-0.3, -0.25) is 4.57 Å². The van der Waals surface area contributed by atoms with Crippen molar-refractivity contribution in [3.05, 3.63) is 41.9 Å². The zero-order valence-electron chi connectivity index (χ0n) is 9.60. The molecule has 0 bridgehead atoms. The van der Waals surface area contributed by atoms with Crippen molar-refractivity contribution in [1.82, 2.24) is 14.5 Å². The van der Waals surface area contributed by atoms with Crippen LogP contribution >= 0.6 is 0 Å². The number of halogens is 1. The summed E-state index contributed by atoms with van der Waals surface area (Å²) in [4.78, 5) is 8.18. The average Bonchev–Trinajstić information content (AvgIpc) is 2.78. The summed E-state index contributed by atoms with van der Waals surface area (Å²) in [6.45, 7) is 1.70. The molecular weight excluding hydrogens is 221 g/mol. The van der Waals surface area contributed by atoms with Gasteiger partial charge in [-0.15, -0.1) is 0 Å². The van der Waals surface area contributed by atoms with Crippen molar-refractivity contribution in [2.45, 2.75) is 26.4 Å². The van der Waals surface area contributed by atoms with Gasteiger partial charge in [-0.1, -0.05) is 6.92 Å². The number of aryl methyl sites for hydroxylation is 1. The third-order valence-corrected chi connectivity index (χ3v) is 2.54. The molecule has 0 saturated heterocycles. The van der Waals surface area contributed by atoms with Crippen molar-refractivity contribution >= 4 is 0 Å². The Bertz CT molecular complexity index is 510. The first-order valence-corrected chi connectivity index (χ1v) is 5.54. The molecule has 0 unspecified atom stereocenters. The number of rotatable bonds is 4. The molecule has 0 aliphatic rings. The first kappa shape index (κ1) is 11.7. The second kappa shape index (κ2) is 5.05. The number of aliphatic hydroxyl groups excluding tert-OH is 1. The fourth-order valence-electron chi connectivity index (χ4n) is 1.70. The van der Waals surface area contributed by atoms with E-state index in [1.807, 2.05) is 6.92 Å². The molecular formula is C12H14FN3O. The van der Waals surface area contributed by atoms with Gasteiger partial charge in [0.15, 0.2) is 11.6 Å². The number of hydrogen-bond donors (Lipinski definition) is 1. The van der Waals surface area contributed by atoms with Gasteiger partial charge in [0, 0.05) is 30.6 Å². The average molecular weight is 235 g/mol. The lowest BCUT2D eigenvalue weighted by Gasteiger charge is -2.09. The molecule has 2 heterocycles. The van der Waals surface area contributed by atoms with E-state index in [1.54, 1.807) is 17.0 Å². The molecule has 0 aliphatic carbocycles. The first-order valence-electron chi connectivity index (χ1n) is 5.54. The van der Waals surface area contributed by atoms with Gasteiger partial charge in [0.1, 0.15) is 5.82 Å². The summed E-state index contributed by atoms with van der Waals surface area (Å²) in [5.41, 5.74) is 0.242. The highest BCUT2D eigenvalue weighted by molar-refractivity contribution is 5.31. The molecule has 0 aromatic carbocycles. The van der Waals surface area contributed by atoms with E-state index >= 15 is 0 Å². The lowest BCUT2D eigenvalue weighted by Crippen LogP contribution is -2.07. The molecule has 2 rings (SSSR count). The van der Waals surface area contributed by atoms with Crippen LogP contribution in [0.5, 0.6) is 0 Å². The normalized spacial score (nSPS) is 10.8. The van der Waals surface area contributed by atoms with Crippen molar-refractivity contribution in [1.29, 1.82) is 0 Å². The van der Waals surface area contributed by atoms with Crippen LogP contribution < -0.4 is 0 Å². The van der Waals surface area contributed by atoms with Crippen LogP contribution in [0.2, 0.25) is 0 Å². The Morgan fingerprint density at radius 2 is 2.18 bits per heavy atom. The number of nitrogens with zero attached hydrogens (tertiary/aromatic N) is 3. The monoisotopic (exact) mass is 235 g/mol. The molecule has 0 fully saturated rings. The fourth-order valence-corrected chi connectivity index (χ4v) is 1.70. The summed E-state index contributed by atoms with van der Waals surface area (Å²) in [5, 5.41) is 9.02. The number of hydrogen-bond acceptors (Lipinski definition) is 3. The van der Waals surface area contributed by atoms with E-state index in [4.69, 9.17) is 5.11 Å². The van der Waals surface area contributed by atoms with E-state index in [0.29, 0.717) is 0 Å². The topological polar surface area (TPSA) is 50.9 Å². The predicted molar refractivity (Wildman–Crippen MR) is 61.2 cm³/mol. The largest absolute Gasteiger partial charge is 0.392 e. The van der Waals surface area contributed by atoms with Gasteiger partial charge < -0.3 is 5.11 Å². The lowest BCUT2D eigenvalue weighted by molar-refractivity contribution is 0.275. The van der Waals surface area contributed by atoms with Gasteiger partial charge in [0.05, 0.1) is 6.61 Å². The minimum atomic E-state index is -0.495. The standard InChI is InChI=1S/C12H14FN3O/c1-2-3-10-14-6-7-16(10)12-11(13)9(8-17)4-5-15-12/h4-7,17H,2-3,8H2,1H3. The molecule has 0 radical (unpaired) electrons. The van der Waals surface area contributed by atoms with Gasteiger partial charge in [-0.25, -0.2) is 14.4 Å². The van der Waals surface area contributed by atoms with Crippen molar-refractivity contribution < 1.29 is 9.50 Å².